The van der Waals surface area contributed by atoms with Gasteiger partial charge < -0.3 is 4.74 Å². The number of halogens is 1. The van der Waals surface area contributed by atoms with Crippen molar-refractivity contribution >= 4 is 11.6 Å². The van der Waals surface area contributed by atoms with Crippen molar-refractivity contribution in [3.8, 4) is 16.9 Å². The molecule has 0 radical (unpaired) electrons. The lowest BCUT2D eigenvalue weighted by molar-refractivity contribution is 0.255. The summed E-state index contributed by atoms with van der Waals surface area (Å²) >= 11 is 6.38. The minimum Gasteiger partial charge on any atom is -0.489 e. The average Bonchev–Trinajstić information content (AvgIpc) is 2.71. The molecule has 0 aromatic heterocycles. The van der Waals surface area contributed by atoms with Gasteiger partial charge in [0.15, 0.2) is 0 Å². The van der Waals surface area contributed by atoms with Crippen molar-refractivity contribution in [2.24, 2.45) is 0 Å². The monoisotopic (exact) mass is 258 g/mol. The molecule has 1 atom stereocenters. The second-order valence-corrected chi connectivity index (χ2v) is 5.27. The Morgan fingerprint density at radius 2 is 1.94 bits per heavy atom. The maximum atomic E-state index is 6.38. The van der Waals surface area contributed by atoms with Gasteiger partial charge in [-0.1, -0.05) is 41.9 Å². The average molecular weight is 259 g/mol. The molecule has 1 aliphatic rings. The van der Waals surface area contributed by atoms with E-state index in [2.05, 4.69) is 32.0 Å². The molecule has 0 bridgehead atoms. The molecule has 0 amide bonds. The second-order valence-electron chi connectivity index (χ2n) is 4.86. The Labute approximate surface area is 112 Å². The normalized spacial score (nSPS) is 17.4. The molecule has 18 heavy (non-hydrogen) atoms. The minimum absolute atomic E-state index is 0.237. The van der Waals surface area contributed by atoms with Gasteiger partial charge in [0.25, 0.3) is 0 Å². The Morgan fingerprint density at radius 1 is 1.17 bits per heavy atom. The lowest BCUT2D eigenvalue weighted by atomic mass is 9.97. The molecule has 2 heteroatoms. The lowest BCUT2D eigenvalue weighted by Gasteiger charge is -2.13. The highest BCUT2D eigenvalue weighted by atomic mass is 35.5. The van der Waals surface area contributed by atoms with Gasteiger partial charge in [-0.2, -0.15) is 0 Å². The molecule has 0 saturated carbocycles. The van der Waals surface area contributed by atoms with E-state index in [1.54, 1.807) is 0 Å². The number of benzene rings is 2. The van der Waals surface area contributed by atoms with Gasteiger partial charge in [-0.25, -0.2) is 0 Å². The van der Waals surface area contributed by atoms with E-state index in [0.29, 0.717) is 0 Å². The van der Waals surface area contributed by atoms with Crippen LogP contribution in [0.2, 0.25) is 5.02 Å². The van der Waals surface area contributed by atoms with Gasteiger partial charge in [-0.3, -0.25) is 0 Å². The van der Waals surface area contributed by atoms with Crippen LogP contribution in [-0.4, -0.2) is 6.10 Å². The van der Waals surface area contributed by atoms with Crippen LogP contribution in [0.15, 0.2) is 36.4 Å². The molecule has 0 fully saturated rings. The van der Waals surface area contributed by atoms with E-state index < -0.39 is 0 Å². The van der Waals surface area contributed by atoms with Crippen LogP contribution in [0, 0.1) is 6.92 Å². The molecular formula is C16H15ClO. The maximum absolute atomic E-state index is 6.38. The molecule has 2 aromatic rings. The highest BCUT2D eigenvalue weighted by molar-refractivity contribution is 6.33. The van der Waals surface area contributed by atoms with Crippen molar-refractivity contribution in [1.29, 1.82) is 0 Å². The van der Waals surface area contributed by atoms with Crippen molar-refractivity contribution < 1.29 is 4.74 Å². The number of hydrogen-bond donors (Lipinski definition) is 0. The molecule has 0 N–H and O–H groups in total. The van der Waals surface area contributed by atoms with Gasteiger partial charge in [0.05, 0.1) is 5.02 Å². The topological polar surface area (TPSA) is 9.23 Å². The third-order valence-corrected chi connectivity index (χ3v) is 3.74. The first kappa shape index (κ1) is 11.6. The molecule has 1 nitrogen and oxygen atoms in total. The van der Waals surface area contributed by atoms with Crippen LogP contribution in [0.25, 0.3) is 11.1 Å². The fraction of sp³-hybridized carbons (Fsp3) is 0.250. The molecule has 2 aromatic carbocycles. The number of rotatable bonds is 1. The number of fused-ring (bicyclic) bond motifs is 1. The first-order valence-corrected chi connectivity index (χ1v) is 6.58. The van der Waals surface area contributed by atoms with Crippen LogP contribution in [0.1, 0.15) is 18.1 Å². The summed E-state index contributed by atoms with van der Waals surface area (Å²) in [5.74, 6) is 0.962. The molecule has 0 spiro atoms. The minimum atomic E-state index is 0.237. The summed E-state index contributed by atoms with van der Waals surface area (Å²) in [6.45, 7) is 4.19. The molecule has 1 unspecified atom stereocenters. The van der Waals surface area contributed by atoms with Crippen LogP contribution >= 0.6 is 11.6 Å². The van der Waals surface area contributed by atoms with Crippen LogP contribution < -0.4 is 4.74 Å². The summed E-state index contributed by atoms with van der Waals surface area (Å²) in [7, 11) is 0. The van der Waals surface area contributed by atoms with E-state index in [-0.39, 0.29) is 6.10 Å². The molecule has 0 saturated heterocycles. The second kappa shape index (κ2) is 4.33. The summed E-state index contributed by atoms with van der Waals surface area (Å²) in [5, 5.41) is 0.761. The Balaban J connectivity index is 2.25. The molecule has 1 heterocycles. The van der Waals surface area contributed by atoms with Gasteiger partial charge in [-0.15, -0.1) is 0 Å². The molecule has 0 aliphatic carbocycles. The summed E-state index contributed by atoms with van der Waals surface area (Å²) in [5.41, 5.74) is 4.67. The van der Waals surface area contributed by atoms with E-state index in [9.17, 15) is 0 Å². The molecule has 3 rings (SSSR count). The van der Waals surface area contributed by atoms with Crippen LogP contribution in [0.3, 0.4) is 0 Å². The predicted octanol–water partition coefficient (Wildman–Crippen LogP) is 4.64. The Hall–Kier alpha value is -1.47. The Kier molecular flexibility index (Phi) is 2.79. The van der Waals surface area contributed by atoms with E-state index in [4.69, 9.17) is 16.3 Å². The van der Waals surface area contributed by atoms with E-state index in [1.807, 2.05) is 18.2 Å². The standard InChI is InChI=1S/C16H15ClO/c1-10-5-3-4-6-13(10)15-14(17)8-7-12-9-11(2)18-16(12)15/h3-8,11H,9H2,1-2H3. The number of aryl methyl sites for hydroxylation is 1. The van der Waals surface area contributed by atoms with Crippen molar-refractivity contribution in [2.75, 3.05) is 0 Å². The van der Waals surface area contributed by atoms with E-state index in [1.165, 1.54) is 11.1 Å². The van der Waals surface area contributed by atoms with Crippen LogP contribution in [-0.2, 0) is 6.42 Å². The highest BCUT2D eigenvalue weighted by Crippen LogP contribution is 2.44. The SMILES string of the molecule is Cc1ccccc1-c1c(Cl)ccc2c1OC(C)C2. The first-order valence-electron chi connectivity index (χ1n) is 6.21. The zero-order valence-corrected chi connectivity index (χ0v) is 11.3. The van der Waals surface area contributed by atoms with Gasteiger partial charge in [-0.05, 0) is 36.6 Å². The third kappa shape index (κ3) is 1.79. The third-order valence-electron chi connectivity index (χ3n) is 3.43. The lowest BCUT2D eigenvalue weighted by Crippen LogP contribution is -2.05. The van der Waals surface area contributed by atoms with Gasteiger partial charge in [0, 0.05) is 12.0 Å². The number of ether oxygens (including phenoxy) is 1. The quantitative estimate of drug-likeness (QED) is 0.724. The predicted molar refractivity (Wildman–Crippen MR) is 75.4 cm³/mol. The Bertz CT molecular complexity index is 604. The fourth-order valence-electron chi connectivity index (χ4n) is 2.55. The van der Waals surface area contributed by atoms with Gasteiger partial charge in [0.2, 0.25) is 0 Å². The van der Waals surface area contributed by atoms with Crippen LogP contribution in [0.4, 0.5) is 0 Å². The summed E-state index contributed by atoms with van der Waals surface area (Å²) in [6, 6.07) is 12.3. The summed E-state index contributed by atoms with van der Waals surface area (Å²) in [4.78, 5) is 0. The largest absolute Gasteiger partial charge is 0.489 e. The van der Waals surface area contributed by atoms with Crippen molar-refractivity contribution in [1.82, 2.24) is 0 Å². The van der Waals surface area contributed by atoms with Crippen molar-refractivity contribution in [2.45, 2.75) is 26.4 Å². The zero-order valence-electron chi connectivity index (χ0n) is 10.5. The van der Waals surface area contributed by atoms with E-state index in [0.717, 1.165) is 28.3 Å². The maximum Gasteiger partial charge on any atom is 0.132 e. The first-order chi connectivity index (χ1) is 8.66. The fourth-order valence-corrected chi connectivity index (χ4v) is 2.80. The molecule has 92 valence electrons. The van der Waals surface area contributed by atoms with Crippen molar-refractivity contribution in [3.63, 3.8) is 0 Å². The van der Waals surface area contributed by atoms with E-state index >= 15 is 0 Å². The Morgan fingerprint density at radius 3 is 2.72 bits per heavy atom. The molecule has 1 aliphatic heterocycles. The highest BCUT2D eigenvalue weighted by Gasteiger charge is 2.24. The van der Waals surface area contributed by atoms with Crippen molar-refractivity contribution in [3.05, 3.63) is 52.5 Å². The summed E-state index contributed by atoms with van der Waals surface area (Å²) < 4.78 is 5.94. The van der Waals surface area contributed by atoms with Gasteiger partial charge >= 0.3 is 0 Å². The number of hydrogen-bond acceptors (Lipinski definition) is 1. The van der Waals surface area contributed by atoms with Gasteiger partial charge in [0.1, 0.15) is 11.9 Å². The molecular weight excluding hydrogens is 244 g/mol. The zero-order chi connectivity index (χ0) is 12.7. The van der Waals surface area contributed by atoms with Crippen LogP contribution in [0.5, 0.6) is 5.75 Å². The summed E-state index contributed by atoms with van der Waals surface area (Å²) in [6.07, 6.45) is 1.20. The smallest absolute Gasteiger partial charge is 0.132 e.